The van der Waals surface area contributed by atoms with Crippen LogP contribution in [-0.4, -0.2) is 35.1 Å². The van der Waals surface area contributed by atoms with Crippen LogP contribution in [0.4, 0.5) is 0 Å². The fraction of sp³-hybridized carbons (Fsp3) is 0.722. The maximum absolute atomic E-state index is 4.64. The molecular weight excluding hydrogens is 258 g/mol. The zero-order valence-corrected chi connectivity index (χ0v) is 13.6. The van der Waals surface area contributed by atoms with Gasteiger partial charge in [-0.2, -0.15) is 0 Å². The number of hydrogen-bond donors (Lipinski definition) is 1. The van der Waals surface area contributed by atoms with Crippen molar-refractivity contribution in [3.8, 4) is 0 Å². The summed E-state index contributed by atoms with van der Waals surface area (Å²) in [6.07, 6.45) is 8.90. The Morgan fingerprint density at radius 3 is 2.52 bits per heavy atom. The van der Waals surface area contributed by atoms with Crippen LogP contribution in [0.15, 0.2) is 18.3 Å². The molecule has 0 unspecified atom stereocenters. The minimum atomic E-state index is 0.151. The van der Waals surface area contributed by atoms with Crippen molar-refractivity contribution in [2.24, 2.45) is 0 Å². The molecule has 2 aliphatic rings. The third-order valence-electron chi connectivity index (χ3n) is 4.99. The average Bonchev–Trinajstić information content (AvgIpc) is 2.88. The van der Waals surface area contributed by atoms with Gasteiger partial charge in [0.25, 0.3) is 0 Å². The van der Waals surface area contributed by atoms with Crippen molar-refractivity contribution in [3.63, 3.8) is 0 Å². The Morgan fingerprint density at radius 2 is 1.95 bits per heavy atom. The lowest BCUT2D eigenvalue weighted by Crippen LogP contribution is -2.48. The van der Waals surface area contributed by atoms with Crippen LogP contribution in [-0.2, 0) is 6.54 Å². The first-order valence-corrected chi connectivity index (χ1v) is 8.55. The molecule has 1 aliphatic heterocycles. The number of nitrogens with one attached hydrogen (secondary N) is 1. The molecule has 0 atom stereocenters. The molecule has 2 fully saturated rings. The smallest absolute Gasteiger partial charge is 0.0542 e. The van der Waals surface area contributed by atoms with Crippen molar-refractivity contribution >= 4 is 0 Å². The SMILES string of the molecule is CC(C)(CN1CCCC1)NCc1ccc(C2CCC2)cn1. The summed E-state index contributed by atoms with van der Waals surface area (Å²) in [5, 5.41) is 3.67. The van der Waals surface area contributed by atoms with E-state index in [0.717, 1.165) is 24.7 Å². The predicted molar refractivity (Wildman–Crippen MR) is 87.4 cm³/mol. The Morgan fingerprint density at radius 1 is 1.19 bits per heavy atom. The molecule has 1 aromatic heterocycles. The lowest BCUT2D eigenvalue weighted by molar-refractivity contribution is 0.233. The van der Waals surface area contributed by atoms with Crippen LogP contribution in [0, 0.1) is 0 Å². The Balaban J connectivity index is 1.48. The zero-order chi connectivity index (χ0) is 14.7. The predicted octanol–water partition coefficient (Wildman–Crippen LogP) is 3.31. The van der Waals surface area contributed by atoms with Gasteiger partial charge in [-0.25, -0.2) is 0 Å². The molecule has 1 saturated carbocycles. The normalized spacial score (nSPS) is 20.7. The van der Waals surface area contributed by atoms with Gasteiger partial charge in [0.1, 0.15) is 0 Å². The molecule has 0 amide bonds. The highest BCUT2D eigenvalue weighted by atomic mass is 15.2. The Hall–Kier alpha value is -0.930. The van der Waals surface area contributed by atoms with Crippen molar-refractivity contribution in [1.82, 2.24) is 15.2 Å². The van der Waals surface area contributed by atoms with Gasteiger partial charge >= 0.3 is 0 Å². The van der Waals surface area contributed by atoms with E-state index in [1.54, 1.807) is 0 Å². The van der Waals surface area contributed by atoms with E-state index in [9.17, 15) is 0 Å². The molecule has 0 bridgehead atoms. The minimum Gasteiger partial charge on any atom is -0.305 e. The molecule has 0 aromatic carbocycles. The standard InChI is InChI=1S/C18H29N3/c1-18(2,14-21-10-3-4-11-21)20-13-17-9-8-16(12-19-17)15-6-5-7-15/h8-9,12,15,20H,3-7,10-11,13-14H2,1-2H3. The number of rotatable bonds is 6. The van der Waals surface area contributed by atoms with E-state index >= 15 is 0 Å². The summed E-state index contributed by atoms with van der Waals surface area (Å²) in [6, 6.07) is 4.48. The second kappa shape index (κ2) is 6.45. The summed E-state index contributed by atoms with van der Waals surface area (Å²) in [5.74, 6) is 0.783. The molecule has 1 aliphatic carbocycles. The third kappa shape index (κ3) is 4.04. The topological polar surface area (TPSA) is 28.2 Å². The molecule has 3 heteroatoms. The van der Waals surface area contributed by atoms with Crippen LogP contribution in [0.5, 0.6) is 0 Å². The molecule has 0 radical (unpaired) electrons. The molecule has 1 saturated heterocycles. The van der Waals surface area contributed by atoms with Crippen molar-refractivity contribution < 1.29 is 0 Å². The van der Waals surface area contributed by atoms with Gasteiger partial charge in [0.15, 0.2) is 0 Å². The van der Waals surface area contributed by atoms with Gasteiger partial charge in [0, 0.05) is 24.8 Å². The summed E-state index contributed by atoms with van der Waals surface area (Å²) in [4.78, 5) is 7.21. The van der Waals surface area contributed by atoms with E-state index in [4.69, 9.17) is 0 Å². The first-order chi connectivity index (χ1) is 10.1. The van der Waals surface area contributed by atoms with Crippen LogP contribution in [0.3, 0.4) is 0 Å². The summed E-state index contributed by atoms with van der Waals surface area (Å²) in [6.45, 7) is 9.12. The molecule has 3 nitrogen and oxygen atoms in total. The van der Waals surface area contributed by atoms with Crippen molar-refractivity contribution in [2.45, 2.75) is 64.0 Å². The summed E-state index contributed by atoms with van der Waals surface area (Å²) in [5.41, 5.74) is 2.74. The maximum Gasteiger partial charge on any atom is 0.0542 e. The molecule has 2 heterocycles. The van der Waals surface area contributed by atoms with Gasteiger partial charge in [-0.05, 0) is 70.2 Å². The molecule has 1 aromatic rings. The molecule has 1 N–H and O–H groups in total. The van der Waals surface area contributed by atoms with Gasteiger partial charge in [-0.15, -0.1) is 0 Å². The minimum absolute atomic E-state index is 0.151. The first-order valence-electron chi connectivity index (χ1n) is 8.55. The molecule has 116 valence electrons. The van der Waals surface area contributed by atoms with Crippen LogP contribution in [0.25, 0.3) is 0 Å². The van der Waals surface area contributed by atoms with Gasteiger partial charge in [0.2, 0.25) is 0 Å². The van der Waals surface area contributed by atoms with Crippen LogP contribution < -0.4 is 5.32 Å². The van der Waals surface area contributed by atoms with E-state index in [2.05, 4.69) is 47.4 Å². The third-order valence-corrected chi connectivity index (χ3v) is 4.99. The summed E-state index contributed by atoms with van der Waals surface area (Å²) in [7, 11) is 0. The molecule has 3 rings (SSSR count). The van der Waals surface area contributed by atoms with Crippen molar-refractivity contribution in [1.29, 1.82) is 0 Å². The lowest BCUT2D eigenvalue weighted by atomic mass is 9.81. The van der Waals surface area contributed by atoms with Gasteiger partial charge in [-0.3, -0.25) is 4.98 Å². The Labute approximate surface area is 129 Å². The van der Waals surface area contributed by atoms with E-state index in [1.165, 1.54) is 50.8 Å². The molecular formula is C18H29N3. The zero-order valence-electron chi connectivity index (χ0n) is 13.6. The van der Waals surface area contributed by atoms with E-state index in [1.807, 2.05) is 0 Å². The van der Waals surface area contributed by atoms with Crippen LogP contribution in [0.2, 0.25) is 0 Å². The number of pyridine rings is 1. The number of hydrogen-bond acceptors (Lipinski definition) is 3. The first kappa shape index (κ1) is 15.0. The summed E-state index contributed by atoms with van der Waals surface area (Å²) < 4.78 is 0. The van der Waals surface area contributed by atoms with E-state index < -0.39 is 0 Å². The van der Waals surface area contributed by atoms with Crippen molar-refractivity contribution in [3.05, 3.63) is 29.6 Å². The second-order valence-electron chi connectivity index (χ2n) is 7.43. The maximum atomic E-state index is 4.64. The van der Waals surface area contributed by atoms with Crippen LogP contribution >= 0.6 is 0 Å². The van der Waals surface area contributed by atoms with Gasteiger partial charge in [-0.1, -0.05) is 12.5 Å². The van der Waals surface area contributed by atoms with Gasteiger partial charge < -0.3 is 10.2 Å². The molecule has 21 heavy (non-hydrogen) atoms. The number of aromatic nitrogens is 1. The molecule has 0 spiro atoms. The Bertz CT molecular complexity index is 442. The second-order valence-corrected chi connectivity index (χ2v) is 7.43. The van der Waals surface area contributed by atoms with Crippen molar-refractivity contribution in [2.75, 3.05) is 19.6 Å². The van der Waals surface area contributed by atoms with E-state index in [-0.39, 0.29) is 5.54 Å². The fourth-order valence-electron chi connectivity index (χ4n) is 3.41. The fourth-order valence-corrected chi connectivity index (χ4v) is 3.41. The quantitative estimate of drug-likeness (QED) is 0.870. The largest absolute Gasteiger partial charge is 0.305 e. The highest BCUT2D eigenvalue weighted by Gasteiger charge is 2.23. The monoisotopic (exact) mass is 287 g/mol. The lowest BCUT2D eigenvalue weighted by Gasteiger charge is -2.31. The van der Waals surface area contributed by atoms with E-state index in [0.29, 0.717) is 0 Å². The Kier molecular flexibility index (Phi) is 4.60. The van der Waals surface area contributed by atoms with Crippen LogP contribution in [0.1, 0.15) is 63.1 Å². The van der Waals surface area contributed by atoms with Gasteiger partial charge in [0.05, 0.1) is 5.69 Å². The highest BCUT2D eigenvalue weighted by Crippen LogP contribution is 2.35. The highest BCUT2D eigenvalue weighted by molar-refractivity contribution is 5.20. The average molecular weight is 287 g/mol. The number of likely N-dealkylation sites (tertiary alicyclic amines) is 1. The summed E-state index contributed by atoms with van der Waals surface area (Å²) >= 11 is 0. The number of nitrogens with zero attached hydrogens (tertiary/aromatic N) is 2.